The number of nitrogens with zero attached hydrogens (tertiary/aromatic N) is 4. The SMILES string of the molecule is CCOC(=O)c1nn(-c2ccccc2)cc1[C@@H]1NC(=O)[C@H](C#N)C(=S)N1c1ccc(C)cc1. The number of nitrogens with one attached hydrogen (secondary N) is 1. The van der Waals surface area contributed by atoms with Crippen molar-refractivity contribution in [1.82, 2.24) is 15.1 Å². The predicted octanol–water partition coefficient (Wildman–Crippen LogP) is 3.46. The Balaban J connectivity index is 1.88. The molecule has 1 N–H and O–H groups in total. The number of ether oxygens (including phenoxy) is 1. The molecule has 2 aromatic carbocycles. The molecule has 1 amide bonds. The van der Waals surface area contributed by atoms with E-state index in [-0.39, 0.29) is 17.3 Å². The molecule has 0 unspecified atom stereocenters. The number of amides is 1. The van der Waals surface area contributed by atoms with Gasteiger partial charge in [0, 0.05) is 17.4 Å². The summed E-state index contributed by atoms with van der Waals surface area (Å²) in [7, 11) is 0. The zero-order valence-electron chi connectivity index (χ0n) is 18.1. The van der Waals surface area contributed by atoms with Crippen LogP contribution in [0.4, 0.5) is 5.69 Å². The fourth-order valence-electron chi connectivity index (χ4n) is 3.63. The first-order valence-electron chi connectivity index (χ1n) is 10.4. The Hall–Kier alpha value is -4.03. The quantitative estimate of drug-likeness (QED) is 0.461. The number of hydrogen-bond donors (Lipinski definition) is 1. The minimum Gasteiger partial charge on any atom is -0.461 e. The molecule has 166 valence electrons. The second kappa shape index (κ2) is 9.22. The van der Waals surface area contributed by atoms with Crippen LogP contribution in [-0.2, 0) is 9.53 Å². The van der Waals surface area contributed by atoms with Gasteiger partial charge in [-0.1, -0.05) is 48.1 Å². The number of hydrogen-bond acceptors (Lipinski definition) is 6. The molecule has 4 rings (SSSR count). The zero-order valence-corrected chi connectivity index (χ0v) is 18.9. The van der Waals surface area contributed by atoms with Crippen molar-refractivity contribution in [3.8, 4) is 11.8 Å². The van der Waals surface area contributed by atoms with Crippen molar-refractivity contribution >= 4 is 34.8 Å². The van der Waals surface area contributed by atoms with Crippen molar-refractivity contribution in [2.75, 3.05) is 11.5 Å². The van der Waals surface area contributed by atoms with Gasteiger partial charge < -0.3 is 15.0 Å². The maximum atomic E-state index is 12.8. The molecule has 8 nitrogen and oxygen atoms in total. The lowest BCUT2D eigenvalue weighted by atomic mass is 10.0. The molecule has 0 aliphatic carbocycles. The van der Waals surface area contributed by atoms with Crippen LogP contribution in [0.5, 0.6) is 0 Å². The van der Waals surface area contributed by atoms with Crippen molar-refractivity contribution in [2.24, 2.45) is 5.92 Å². The summed E-state index contributed by atoms with van der Waals surface area (Å²) >= 11 is 5.58. The Morgan fingerprint density at radius 2 is 1.88 bits per heavy atom. The van der Waals surface area contributed by atoms with Crippen molar-refractivity contribution < 1.29 is 14.3 Å². The van der Waals surface area contributed by atoms with E-state index in [1.165, 1.54) is 0 Å². The number of carbonyl (C=O) groups is 2. The largest absolute Gasteiger partial charge is 0.461 e. The molecule has 1 aliphatic heterocycles. The van der Waals surface area contributed by atoms with Crippen LogP contribution in [0.2, 0.25) is 0 Å². The molecule has 2 atom stereocenters. The molecule has 1 aliphatic rings. The van der Waals surface area contributed by atoms with Gasteiger partial charge in [0.1, 0.15) is 11.2 Å². The summed E-state index contributed by atoms with van der Waals surface area (Å²) in [6, 6.07) is 18.8. The highest BCUT2D eigenvalue weighted by atomic mass is 32.1. The number of para-hydroxylation sites is 1. The molecule has 9 heteroatoms. The third-order valence-electron chi connectivity index (χ3n) is 5.25. The highest BCUT2D eigenvalue weighted by Crippen LogP contribution is 2.34. The molecule has 0 bridgehead atoms. The molecule has 0 radical (unpaired) electrons. The molecule has 2 heterocycles. The Morgan fingerprint density at radius 1 is 1.18 bits per heavy atom. The number of anilines is 1. The highest BCUT2D eigenvalue weighted by Gasteiger charge is 2.42. The fourth-order valence-corrected chi connectivity index (χ4v) is 4.00. The fraction of sp³-hybridized carbons (Fsp3) is 0.208. The van der Waals surface area contributed by atoms with Gasteiger partial charge in [-0.15, -0.1) is 0 Å². The van der Waals surface area contributed by atoms with E-state index in [0.29, 0.717) is 11.3 Å². The summed E-state index contributed by atoms with van der Waals surface area (Å²) in [5.41, 5.74) is 2.92. The molecule has 33 heavy (non-hydrogen) atoms. The first-order chi connectivity index (χ1) is 15.9. The van der Waals surface area contributed by atoms with Crippen molar-refractivity contribution in [2.45, 2.75) is 20.0 Å². The third kappa shape index (κ3) is 4.21. The van der Waals surface area contributed by atoms with Gasteiger partial charge in [-0.2, -0.15) is 10.4 Å². The normalized spacial score (nSPS) is 17.9. The number of thiocarbonyl (C=S) groups is 1. The zero-order chi connectivity index (χ0) is 23.5. The van der Waals surface area contributed by atoms with Gasteiger partial charge in [0.05, 0.1) is 18.4 Å². The number of aryl methyl sites for hydroxylation is 1. The average molecular weight is 460 g/mol. The topological polar surface area (TPSA) is 100 Å². The van der Waals surface area contributed by atoms with Crippen LogP contribution in [0.25, 0.3) is 5.69 Å². The van der Waals surface area contributed by atoms with Gasteiger partial charge in [0.15, 0.2) is 11.6 Å². The standard InChI is InChI=1S/C24H21N5O3S/c1-3-32-24(31)20-19(14-28(27-20)16-7-5-4-6-8-16)21-26-22(30)18(13-25)23(33)29(21)17-11-9-15(2)10-12-17/h4-12,14,18,21H,3H2,1-2H3,(H,26,30)/t18-,21+/m0/s1. The van der Waals surface area contributed by atoms with Crippen LogP contribution in [0.15, 0.2) is 60.8 Å². The lowest BCUT2D eigenvalue weighted by Crippen LogP contribution is -2.55. The minimum atomic E-state index is -1.13. The third-order valence-corrected chi connectivity index (χ3v) is 5.68. The van der Waals surface area contributed by atoms with Crippen molar-refractivity contribution in [3.05, 3.63) is 77.6 Å². The Morgan fingerprint density at radius 3 is 2.52 bits per heavy atom. The average Bonchev–Trinajstić information content (AvgIpc) is 3.26. The van der Waals surface area contributed by atoms with Crippen LogP contribution in [0.1, 0.15) is 34.7 Å². The highest BCUT2D eigenvalue weighted by molar-refractivity contribution is 7.80. The van der Waals surface area contributed by atoms with Crippen LogP contribution in [-0.4, -0.2) is 33.3 Å². The lowest BCUT2D eigenvalue weighted by molar-refractivity contribution is -0.123. The molecule has 1 fully saturated rings. The number of benzene rings is 2. The van der Waals surface area contributed by atoms with E-state index in [9.17, 15) is 14.9 Å². The van der Waals surface area contributed by atoms with E-state index in [1.54, 1.807) is 22.7 Å². The van der Waals surface area contributed by atoms with Crippen LogP contribution >= 0.6 is 12.2 Å². The summed E-state index contributed by atoms with van der Waals surface area (Å²) in [5, 5.41) is 16.9. The van der Waals surface area contributed by atoms with E-state index in [4.69, 9.17) is 17.0 Å². The number of esters is 1. The molecule has 1 saturated heterocycles. The number of aromatic nitrogens is 2. The summed E-state index contributed by atoms with van der Waals surface area (Å²) < 4.78 is 6.79. The van der Waals surface area contributed by atoms with Crippen LogP contribution < -0.4 is 10.2 Å². The molecular formula is C24H21N5O3S. The second-order valence-corrected chi connectivity index (χ2v) is 7.87. The predicted molar refractivity (Wildman–Crippen MR) is 126 cm³/mol. The van der Waals surface area contributed by atoms with Crippen molar-refractivity contribution in [3.63, 3.8) is 0 Å². The first-order valence-corrected chi connectivity index (χ1v) is 10.8. The van der Waals surface area contributed by atoms with Crippen LogP contribution in [0, 0.1) is 24.2 Å². The smallest absolute Gasteiger partial charge is 0.359 e. The summed E-state index contributed by atoms with van der Waals surface area (Å²) in [6.45, 7) is 3.84. The number of rotatable bonds is 5. The molecule has 3 aromatic rings. The number of carbonyl (C=O) groups excluding carboxylic acids is 2. The summed E-state index contributed by atoms with van der Waals surface area (Å²) in [4.78, 5) is 27.4. The van der Waals surface area contributed by atoms with Gasteiger partial charge in [0.2, 0.25) is 5.91 Å². The Labute approximate surface area is 196 Å². The molecular weight excluding hydrogens is 438 g/mol. The van der Waals surface area contributed by atoms with Gasteiger partial charge in [-0.3, -0.25) is 4.79 Å². The van der Waals surface area contributed by atoms with E-state index in [1.807, 2.05) is 67.6 Å². The Bertz CT molecular complexity index is 1250. The lowest BCUT2D eigenvalue weighted by Gasteiger charge is -2.39. The van der Waals surface area contributed by atoms with Gasteiger partial charge in [0.25, 0.3) is 0 Å². The summed E-state index contributed by atoms with van der Waals surface area (Å²) in [5.74, 6) is -2.28. The molecule has 0 spiro atoms. The van der Waals surface area contributed by atoms with Crippen molar-refractivity contribution in [1.29, 1.82) is 5.26 Å². The van der Waals surface area contributed by atoms with E-state index in [2.05, 4.69) is 10.4 Å². The monoisotopic (exact) mass is 459 g/mol. The maximum Gasteiger partial charge on any atom is 0.359 e. The maximum absolute atomic E-state index is 12.8. The van der Waals surface area contributed by atoms with E-state index >= 15 is 0 Å². The van der Waals surface area contributed by atoms with Crippen LogP contribution in [0.3, 0.4) is 0 Å². The Kier molecular flexibility index (Phi) is 6.20. The van der Waals surface area contributed by atoms with E-state index in [0.717, 1.165) is 11.3 Å². The first kappa shape index (κ1) is 22.2. The number of nitriles is 1. The molecule has 0 saturated carbocycles. The summed E-state index contributed by atoms with van der Waals surface area (Å²) in [6.07, 6.45) is 0.817. The molecule has 1 aromatic heterocycles. The van der Waals surface area contributed by atoms with Gasteiger partial charge >= 0.3 is 5.97 Å². The second-order valence-electron chi connectivity index (χ2n) is 7.45. The van der Waals surface area contributed by atoms with E-state index < -0.39 is 24.0 Å². The van der Waals surface area contributed by atoms with Gasteiger partial charge in [-0.25, -0.2) is 9.48 Å². The van der Waals surface area contributed by atoms with Gasteiger partial charge in [-0.05, 0) is 38.1 Å². The minimum absolute atomic E-state index is 0.0568.